The van der Waals surface area contributed by atoms with Gasteiger partial charge in [-0.25, -0.2) is 0 Å². The van der Waals surface area contributed by atoms with Gasteiger partial charge in [0, 0.05) is 20.2 Å². The highest BCUT2D eigenvalue weighted by molar-refractivity contribution is 6.31. The first-order chi connectivity index (χ1) is 7.67. The van der Waals surface area contributed by atoms with E-state index in [4.69, 9.17) is 33.0 Å². The largest absolute Gasteiger partial charge is 0.395 e. The van der Waals surface area contributed by atoms with Gasteiger partial charge in [-0.2, -0.15) is 15.0 Å². The number of rotatable bonds is 6. The highest BCUT2D eigenvalue weighted by atomic mass is 35.5. The molecule has 1 aromatic heterocycles. The van der Waals surface area contributed by atoms with Gasteiger partial charge in [0.25, 0.3) is 0 Å². The van der Waals surface area contributed by atoms with Crippen LogP contribution in [-0.4, -0.2) is 53.5 Å². The van der Waals surface area contributed by atoms with Crippen molar-refractivity contribution in [3.05, 3.63) is 10.6 Å². The topological polar surface area (TPSA) is 71.4 Å². The van der Waals surface area contributed by atoms with Crippen LogP contribution in [0.1, 0.15) is 0 Å². The van der Waals surface area contributed by atoms with E-state index in [0.717, 1.165) is 0 Å². The van der Waals surface area contributed by atoms with E-state index in [-0.39, 0.29) is 17.2 Å². The number of nitrogens with zero attached hydrogens (tertiary/aromatic N) is 4. The molecule has 0 amide bonds. The molecule has 0 aromatic carbocycles. The molecule has 1 heterocycles. The molecule has 0 saturated heterocycles. The molecular weight excluding hydrogens is 255 g/mol. The Labute approximate surface area is 103 Å². The maximum atomic E-state index is 8.92. The summed E-state index contributed by atoms with van der Waals surface area (Å²) in [6.07, 6.45) is 0. The second-order valence-corrected chi connectivity index (χ2v) is 3.55. The number of ether oxygens (including phenoxy) is 1. The molecule has 1 N–H and O–H groups in total. The van der Waals surface area contributed by atoms with Crippen LogP contribution >= 0.6 is 23.2 Å². The predicted molar refractivity (Wildman–Crippen MR) is 61.0 cm³/mol. The Morgan fingerprint density at radius 1 is 1.19 bits per heavy atom. The maximum absolute atomic E-state index is 8.92. The average Bonchev–Trinajstić information content (AvgIpc) is 2.22. The fourth-order valence-corrected chi connectivity index (χ4v) is 1.45. The number of anilines is 1. The van der Waals surface area contributed by atoms with Crippen molar-refractivity contribution in [2.24, 2.45) is 0 Å². The summed E-state index contributed by atoms with van der Waals surface area (Å²) < 4.78 is 4.94. The van der Waals surface area contributed by atoms with Gasteiger partial charge >= 0.3 is 0 Å². The molecule has 0 radical (unpaired) electrons. The summed E-state index contributed by atoms with van der Waals surface area (Å²) in [6.45, 7) is 1.37. The van der Waals surface area contributed by atoms with E-state index >= 15 is 0 Å². The van der Waals surface area contributed by atoms with Crippen LogP contribution in [0.3, 0.4) is 0 Å². The summed E-state index contributed by atoms with van der Waals surface area (Å²) in [5.41, 5.74) is 0. The van der Waals surface area contributed by atoms with Crippen molar-refractivity contribution in [2.75, 3.05) is 38.3 Å². The number of methoxy groups -OCH3 is 1. The lowest BCUT2D eigenvalue weighted by Gasteiger charge is -2.20. The second kappa shape index (κ2) is 6.80. The molecule has 6 nitrogen and oxygen atoms in total. The van der Waals surface area contributed by atoms with Crippen LogP contribution in [0.4, 0.5) is 5.95 Å². The molecule has 90 valence electrons. The first-order valence-electron chi connectivity index (χ1n) is 4.59. The minimum absolute atomic E-state index is 0.0232. The van der Waals surface area contributed by atoms with Crippen LogP contribution in [0.5, 0.6) is 0 Å². The molecule has 0 atom stereocenters. The van der Waals surface area contributed by atoms with Crippen LogP contribution in [0, 0.1) is 0 Å². The van der Waals surface area contributed by atoms with Crippen molar-refractivity contribution in [2.45, 2.75) is 0 Å². The SMILES string of the molecule is COCCN(CCO)c1nc(Cl)nc(Cl)n1. The lowest BCUT2D eigenvalue weighted by molar-refractivity contribution is 0.202. The molecule has 0 unspecified atom stereocenters. The fourth-order valence-electron chi connectivity index (χ4n) is 1.09. The van der Waals surface area contributed by atoms with Gasteiger partial charge in [0.05, 0.1) is 13.2 Å². The van der Waals surface area contributed by atoms with Gasteiger partial charge in [-0.1, -0.05) is 0 Å². The van der Waals surface area contributed by atoms with Crippen molar-refractivity contribution in [1.82, 2.24) is 15.0 Å². The number of aromatic nitrogens is 3. The fraction of sp³-hybridized carbons (Fsp3) is 0.625. The lowest BCUT2D eigenvalue weighted by atomic mass is 10.5. The summed E-state index contributed by atoms with van der Waals surface area (Å²) in [5.74, 6) is 0.330. The van der Waals surface area contributed by atoms with Crippen molar-refractivity contribution >= 4 is 29.2 Å². The Hall–Kier alpha value is -0.690. The van der Waals surface area contributed by atoms with Crippen LogP contribution in [-0.2, 0) is 4.74 Å². The Bertz CT molecular complexity index is 320. The van der Waals surface area contributed by atoms with E-state index in [0.29, 0.717) is 25.6 Å². The quantitative estimate of drug-likeness (QED) is 0.814. The van der Waals surface area contributed by atoms with Gasteiger partial charge in [0.2, 0.25) is 16.5 Å². The van der Waals surface area contributed by atoms with Crippen molar-refractivity contribution in [3.63, 3.8) is 0 Å². The van der Waals surface area contributed by atoms with Crippen molar-refractivity contribution < 1.29 is 9.84 Å². The Kier molecular flexibility index (Phi) is 5.68. The van der Waals surface area contributed by atoms with Crippen LogP contribution in [0.2, 0.25) is 10.6 Å². The first kappa shape index (κ1) is 13.4. The summed E-state index contributed by atoms with van der Waals surface area (Å²) in [5, 5.41) is 8.96. The van der Waals surface area contributed by atoms with Gasteiger partial charge in [-0.05, 0) is 23.2 Å². The van der Waals surface area contributed by atoms with Crippen LogP contribution in [0.25, 0.3) is 0 Å². The lowest BCUT2D eigenvalue weighted by Crippen LogP contribution is -2.31. The second-order valence-electron chi connectivity index (χ2n) is 2.88. The maximum Gasteiger partial charge on any atom is 0.231 e. The van der Waals surface area contributed by atoms with E-state index in [1.165, 1.54) is 0 Å². The van der Waals surface area contributed by atoms with Gasteiger partial charge in [-0.15, -0.1) is 0 Å². The van der Waals surface area contributed by atoms with E-state index in [1.54, 1.807) is 12.0 Å². The third-order valence-electron chi connectivity index (χ3n) is 1.79. The molecular formula is C8H12Cl2N4O2. The van der Waals surface area contributed by atoms with Crippen molar-refractivity contribution in [1.29, 1.82) is 0 Å². The van der Waals surface area contributed by atoms with Gasteiger partial charge in [-0.3, -0.25) is 0 Å². The zero-order valence-corrected chi connectivity index (χ0v) is 10.2. The Morgan fingerprint density at radius 3 is 2.31 bits per heavy atom. The smallest absolute Gasteiger partial charge is 0.231 e. The minimum atomic E-state index is -0.0232. The van der Waals surface area contributed by atoms with Crippen molar-refractivity contribution in [3.8, 4) is 0 Å². The van der Waals surface area contributed by atoms with Gasteiger partial charge < -0.3 is 14.7 Å². The molecule has 1 rings (SSSR count). The molecule has 16 heavy (non-hydrogen) atoms. The number of hydrogen-bond donors (Lipinski definition) is 1. The van der Waals surface area contributed by atoms with E-state index < -0.39 is 0 Å². The third-order valence-corrected chi connectivity index (χ3v) is 2.13. The minimum Gasteiger partial charge on any atom is -0.395 e. The van der Waals surface area contributed by atoms with E-state index in [9.17, 15) is 0 Å². The number of aliphatic hydroxyl groups excluding tert-OH is 1. The molecule has 1 aromatic rings. The molecule has 0 aliphatic heterocycles. The number of halogens is 2. The number of hydrogen-bond acceptors (Lipinski definition) is 6. The standard InChI is InChI=1S/C8H12Cl2N4O2/c1-16-5-3-14(2-4-15)8-12-6(9)11-7(10)13-8/h15H,2-5H2,1H3. The summed E-state index contributed by atoms with van der Waals surface area (Å²) in [4.78, 5) is 13.2. The molecule has 0 aliphatic rings. The Morgan fingerprint density at radius 2 is 1.81 bits per heavy atom. The zero-order valence-electron chi connectivity index (χ0n) is 8.73. The highest BCUT2D eigenvalue weighted by Gasteiger charge is 2.11. The predicted octanol–water partition coefficient (Wildman–Crippen LogP) is 0.624. The molecule has 0 fully saturated rings. The summed E-state index contributed by atoms with van der Waals surface area (Å²) in [7, 11) is 1.59. The normalized spacial score (nSPS) is 10.5. The number of aliphatic hydroxyl groups is 1. The van der Waals surface area contributed by atoms with Gasteiger partial charge in [0.1, 0.15) is 0 Å². The summed E-state index contributed by atoms with van der Waals surface area (Å²) >= 11 is 11.3. The third kappa shape index (κ3) is 4.05. The van der Waals surface area contributed by atoms with Crippen LogP contribution in [0.15, 0.2) is 0 Å². The molecule has 0 saturated carbocycles. The molecule has 0 aliphatic carbocycles. The zero-order chi connectivity index (χ0) is 12.0. The highest BCUT2D eigenvalue weighted by Crippen LogP contribution is 2.13. The molecule has 8 heteroatoms. The molecule has 0 spiro atoms. The van der Waals surface area contributed by atoms with Gasteiger partial charge in [0.15, 0.2) is 0 Å². The average molecular weight is 267 g/mol. The first-order valence-corrected chi connectivity index (χ1v) is 5.34. The monoisotopic (exact) mass is 266 g/mol. The summed E-state index contributed by atoms with van der Waals surface area (Å²) in [6, 6.07) is 0. The van der Waals surface area contributed by atoms with E-state index in [1.807, 2.05) is 0 Å². The van der Waals surface area contributed by atoms with Crippen LogP contribution < -0.4 is 4.90 Å². The van der Waals surface area contributed by atoms with E-state index in [2.05, 4.69) is 15.0 Å². The molecule has 0 bridgehead atoms. The Balaban J connectivity index is 2.82.